The molecule has 0 saturated carbocycles. The van der Waals surface area contributed by atoms with Gasteiger partial charge in [0.2, 0.25) is 5.50 Å². The van der Waals surface area contributed by atoms with Crippen LogP contribution in [0.1, 0.15) is 162 Å². The summed E-state index contributed by atoms with van der Waals surface area (Å²) in [4.78, 5) is 0. The molecule has 0 aliphatic rings. The van der Waals surface area contributed by atoms with Gasteiger partial charge in [-0.05, 0) is 33.4 Å². The third kappa shape index (κ3) is 29.9. The monoisotopic (exact) mass is 523 g/mol. The number of hydrogen-bond donors (Lipinski definition) is 1. The third-order valence-electron chi connectivity index (χ3n) is 6.34. The highest BCUT2D eigenvalue weighted by Crippen LogP contribution is 2.17. The zero-order valence-corrected chi connectivity index (χ0v) is 24.9. The number of hydrogen-bond acceptors (Lipinski definition) is 4. The molecule has 0 rings (SSSR count). The van der Waals surface area contributed by atoms with E-state index in [1.165, 1.54) is 96.3 Å². The maximum atomic E-state index is 14.0. The maximum Gasteiger partial charge on any atom is 0.299 e. The summed E-state index contributed by atoms with van der Waals surface area (Å²) < 4.78 is 42.6. The van der Waals surface area contributed by atoms with Gasteiger partial charge in [0.1, 0.15) is 0 Å². The van der Waals surface area contributed by atoms with Crippen LogP contribution >= 0.6 is 0 Å². The van der Waals surface area contributed by atoms with Crippen LogP contribution in [0, 0.1) is 0 Å². The van der Waals surface area contributed by atoms with Crippen molar-refractivity contribution >= 4 is 10.1 Å². The van der Waals surface area contributed by atoms with E-state index in [4.69, 9.17) is 4.18 Å². The highest BCUT2D eigenvalue weighted by atomic mass is 32.2. The summed E-state index contributed by atoms with van der Waals surface area (Å²) in [6.45, 7) is 4.54. The minimum atomic E-state index is -4.05. The van der Waals surface area contributed by atoms with Gasteiger partial charge in [-0.2, -0.15) is 8.42 Å². The van der Waals surface area contributed by atoms with E-state index < -0.39 is 15.6 Å². The summed E-state index contributed by atoms with van der Waals surface area (Å²) in [6.07, 6.45) is 26.5. The molecule has 0 aliphatic carbocycles. The largest absolute Gasteiger partial charge is 0.323 e. The first-order valence-corrected chi connectivity index (χ1v) is 16.5. The fraction of sp³-hybridized carbons (Fsp3) is 1.00. The summed E-state index contributed by atoms with van der Waals surface area (Å²) in [5.41, 5.74) is -1.87. The van der Waals surface area contributed by atoms with Crippen LogP contribution in [0.4, 0.5) is 4.39 Å². The van der Waals surface area contributed by atoms with Crippen molar-refractivity contribution in [3.63, 3.8) is 0 Å². The molecule has 214 valence electrons. The van der Waals surface area contributed by atoms with Gasteiger partial charge in [-0.15, -0.1) is 0 Å². The Hall–Kier alpha value is -0.200. The Labute approximate surface area is 220 Å². The van der Waals surface area contributed by atoms with Crippen LogP contribution < -0.4 is 5.32 Å². The summed E-state index contributed by atoms with van der Waals surface area (Å²) >= 11 is 0. The van der Waals surface area contributed by atoms with E-state index in [0.29, 0.717) is 12.8 Å². The molecule has 0 heterocycles. The minimum Gasteiger partial charge on any atom is -0.323 e. The first-order valence-electron chi connectivity index (χ1n) is 15.1. The van der Waals surface area contributed by atoms with E-state index in [1.54, 1.807) is 0 Å². The van der Waals surface area contributed by atoms with E-state index >= 15 is 0 Å². The van der Waals surface area contributed by atoms with Crippen molar-refractivity contribution in [1.82, 2.24) is 5.32 Å². The number of alkyl halides is 1. The van der Waals surface area contributed by atoms with Crippen LogP contribution in [0.25, 0.3) is 0 Å². The molecule has 0 bridgehead atoms. The molecule has 4 nitrogen and oxygen atoms in total. The molecule has 6 heteroatoms. The molecule has 1 N–H and O–H groups in total. The molecule has 35 heavy (non-hydrogen) atoms. The van der Waals surface area contributed by atoms with Gasteiger partial charge in [0.15, 0.2) is 0 Å². The van der Waals surface area contributed by atoms with Gasteiger partial charge < -0.3 is 5.32 Å². The quantitative estimate of drug-likeness (QED) is 0.0906. The van der Waals surface area contributed by atoms with Crippen molar-refractivity contribution in [1.29, 1.82) is 0 Å². The molecule has 0 spiro atoms. The molecule has 0 saturated heterocycles. The standard InChI is InChI=1S/C27H55FO3S.C2H7N/c1-3-5-7-9-11-12-13-14-15-16-17-18-19-20-22-24-26-31-32(29,30)27(28)25-23-21-10-8-6-4-2;1-3-2/h27H,3-26H2,1-2H3;3H,1-2H3. The van der Waals surface area contributed by atoms with Crippen molar-refractivity contribution in [2.24, 2.45) is 0 Å². The first-order chi connectivity index (χ1) is 17.0. The van der Waals surface area contributed by atoms with Crippen LogP contribution in [-0.2, 0) is 14.3 Å². The Balaban J connectivity index is 0. The van der Waals surface area contributed by atoms with E-state index in [-0.39, 0.29) is 13.0 Å². The van der Waals surface area contributed by atoms with Crippen LogP contribution in [0.3, 0.4) is 0 Å². The number of halogens is 1. The van der Waals surface area contributed by atoms with Crippen LogP contribution in [0.5, 0.6) is 0 Å². The van der Waals surface area contributed by atoms with Crippen molar-refractivity contribution in [2.45, 2.75) is 167 Å². The minimum absolute atomic E-state index is 0.0629. The second kappa shape index (κ2) is 30.0. The summed E-state index contributed by atoms with van der Waals surface area (Å²) in [5.74, 6) is 0. The van der Waals surface area contributed by atoms with Gasteiger partial charge in [0, 0.05) is 0 Å². The molecule has 0 amide bonds. The maximum absolute atomic E-state index is 14.0. The number of rotatable bonds is 26. The topological polar surface area (TPSA) is 55.4 Å². The summed E-state index contributed by atoms with van der Waals surface area (Å²) in [7, 11) is -0.295. The van der Waals surface area contributed by atoms with E-state index in [1.807, 2.05) is 14.1 Å². The summed E-state index contributed by atoms with van der Waals surface area (Å²) in [6, 6.07) is 0. The molecule has 0 aromatic heterocycles. The van der Waals surface area contributed by atoms with E-state index in [0.717, 1.165) is 32.1 Å². The predicted octanol–water partition coefficient (Wildman–Crippen LogP) is 9.48. The molecule has 0 aromatic carbocycles. The average Bonchev–Trinajstić information content (AvgIpc) is 2.83. The van der Waals surface area contributed by atoms with Gasteiger partial charge in [-0.3, -0.25) is 4.18 Å². The van der Waals surface area contributed by atoms with Gasteiger partial charge in [0.05, 0.1) is 6.61 Å². The zero-order valence-electron chi connectivity index (χ0n) is 24.1. The first kappa shape index (κ1) is 37.0. The van der Waals surface area contributed by atoms with Gasteiger partial charge in [-0.1, -0.05) is 142 Å². The Morgan fingerprint density at radius 2 is 0.857 bits per heavy atom. The molecule has 1 unspecified atom stereocenters. The highest BCUT2D eigenvalue weighted by Gasteiger charge is 2.25. The molecule has 0 fully saturated rings. The Bertz CT molecular complexity index is 488. The Morgan fingerprint density at radius 3 is 1.20 bits per heavy atom. The molecule has 0 aliphatic heterocycles. The normalized spacial score (nSPS) is 12.4. The fourth-order valence-electron chi connectivity index (χ4n) is 4.13. The number of nitrogens with one attached hydrogen (secondary N) is 1. The average molecular weight is 524 g/mol. The molecular weight excluding hydrogens is 461 g/mol. The zero-order chi connectivity index (χ0) is 26.5. The smallest absolute Gasteiger partial charge is 0.299 e. The van der Waals surface area contributed by atoms with Gasteiger partial charge in [-0.25, -0.2) is 4.39 Å². The predicted molar refractivity (Wildman–Crippen MR) is 152 cm³/mol. The van der Waals surface area contributed by atoms with Crippen LogP contribution in [0.15, 0.2) is 0 Å². The Kier molecular flexibility index (Phi) is 31.7. The highest BCUT2D eigenvalue weighted by molar-refractivity contribution is 7.87. The lowest BCUT2D eigenvalue weighted by atomic mass is 10.0. The van der Waals surface area contributed by atoms with Crippen molar-refractivity contribution in [3.05, 3.63) is 0 Å². The van der Waals surface area contributed by atoms with Gasteiger partial charge >= 0.3 is 0 Å². The van der Waals surface area contributed by atoms with Crippen molar-refractivity contribution < 1.29 is 17.0 Å². The lowest BCUT2D eigenvalue weighted by molar-refractivity contribution is 0.270. The summed E-state index contributed by atoms with van der Waals surface area (Å²) in [5, 5.41) is 2.75. The molecule has 1 atom stereocenters. The lowest BCUT2D eigenvalue weighted by Gasteiger charge is -2.10. The second-order valence-electron chi connectivity index (χ2n) is 10.1. The van der Waals surface area contributed by atoms with Crippen LogP contribution in [0.2, 0.25) is 0 Å². The SMILES string of the molecule is CCCCCCCCCCCCCCCCCCOS(=O)(=O)C(F)CCCCCCCC.CNC. The number of unbranched alkanes of at least 4 members (excludes halogenated alkanes) is 20. The van der Waals surface area contributed by atoms with E-state index in [9.17, 15) is 12.8 Å². The van der Waals surface area contributed by atoms with Crippen molar-refractivity contribution in [2.75, 3.05) is 20.7 Å². The molecule has 0 aromatic rings. The second-order valence-corrected chi connectivity index (χ2v) is 11.8. The fourth-order valence-corrected chi connectivity index (χ4v) is 5.08. The lowest BCUT2D eigenvalue weighted by Crippen LogP contribution is -2.19. The third-order valence-corrected chi connectivity index (χ3v) is 7.70. The Morgan fingerprint density at radius 1 is 0.571 bits per heavy atom. The molecule has 0 radical (unpaired) electrons. The van der Waals surface area contributed by atoms with Crippen LogP contribution in [-0.4, -0.2) is 34.6 Å². The van der Waals surface area contributed by atoms with Crippen molar-refractivity contribution in [3.8, 4) is 0 Å². The van der Waals surface area contributed by atoms with Gasteiger partial charge in [0.25, 0.3) is 10.1 Å². The molecular formula is C29H62FNO3S. The van der Waals surface area contributed by atoms with E-state index in [2.05, 4.69) is 19.2 Å².